The van der Waals surface area contributed by atoms with Crippen molar-refractivity contribution in [2.45, 2.75) is 24.4 Å². The van der Waals surface area contributed by atoms with Gasteiger partial charge in [0, 0.05) is 33.1 Å². The second kappa shape index (κ2) is 11.7. The summed E-state index contributed by atoms with van der Waals surface area (Å²) < 4.78 is 9.71. The fourth-order valence-corrected chi connectivity index (χ4v) is 6.70. The lowest BCUT2D eigenvalue weighted by atomic mass is 9.93. The number of thiazole rings is 1. The first-order chi connectivity index (χ1) is 20.5. The van der Waals surface area contributed by atoms with Crippen LogP contribution < -0.4 is 14.9 Å². The van der Waals surface area contributed by atoms with Gasteiger partial charge in [-0.15, -0.1) is 18.2 Å². The second-order valence-electron chi connectivity index (χ2n) is 9.64. The van der Waals surface area contributed by atoms with Crippen LogP contribution in [0.1, 0.15) is 29.7 Å². The van der Waals surface area contributed by atoms with Gasteiger partial charge in [0.25, 0.3) is 5.56 Å². The normalized spacial score (nSPS) is 14.9. The van der Waals surface area contributed by atoms with Crippen LogP contribution in [-0.2, 0) is 16.1 Å². The molecule has 8 heteroatoms. The molecule has 0 saturated carbocycles. The van der Waals surface area contributed by atoms with Crippen LogP contribution in [0, 0.1) is 12.3 Å². The highest BCUT2D eigenvalue weighted by atomic mass is 32.2. The summed E-state index contributed by atoms with van der Waals surface area (Å²) in [4.78, 5) is 34.4. The van der Waals surface area contributed by atoms with E-state index in [0.29, 0.717) is 27.1 Å². The minimum atomic E-state index is -0.712. The van der Waals surface area contributed by atoms with Gasteiger partial charge in [0.05, 0.1) is 35.0 Å². The van der Waals surface area contributed by atoms with Crippen LogP contribution in [0.15, 0.2) is 105 Å². The van der Waals surface area contributed by atoms with Crippen LogP contribution in [0.2, 0.25) is 0 Å². The predicted octanol–water partition coefficient (Wildman–Crippen LogP) is 5.25. The number of benzene rings is 3. The van der Waals surface area contributed by atoms with Crippen molar-refractivity contribution in [3.8, 4) is 12.3 Å². The van der Waals surface area contributed by atoms with Crippen LogP contribution in [0.25, 0.3) is 22.7 Å². The number of hydrogen-bond acceptors (Lipinski definition) is 6. The summed E-state index contributed by atoms with van der Waals surface area (Å²) >= 11 is 2.94. The smallest absolute Gasteiger partial charge is 0.338 e. The Kier molecular flexibility index (Phi) is 7.70. The standard InChI is InChI=1S/C34H27N3O3S2/c1-4-19-36-21-24(26-13-9-10-14-27(26)36)20-28-32(38)37-31(23-15-17-25(41-3)18-16-23)29(33(39)40-5-2)30(35-34(37)42-28)22-11-7-6-8-12-22/h1,6-18,20-21,31H,5,19H2,2-3H3/b28-20-/t31-/m1/s1. The van der Waals surface area contributed by atoms with Gasteiger partial charge in [-0.25, -0.2) is 9.79 Å². The van der Waals surface area contributed by atoms with Gasteiger partial charge in [0.1, 0.15) is 0 Å². The molecule has 1 aliphatic rings. The molecule has 208 valence electrons. The molecule has 0 bridgehead atoms. The third kappa shape index (κ3) is 4.91. The van der Waals surface area contributed by atoms with Crippen molar-refractivity contribution in [2.24, 2.45) is 4.99 Å². The molecule has 1 aliphatic heterocycles. The van der Waals surface area contributed by atoms with Crippen molar-refractivity contribution in [1.82, 2.24) is 9.13 Å². The molecule has 0 radical (unpaired) electrons. The summed E-state index contributed by atoms with van der Waals surface area (Å²) in [5, 5.41) is 1.000. The quantitative estimate of drug-likeness (QED) is 0.148. The van der Waals surface area contributed by atoms with Crippen molar-refractivity contribution < 1.29 is 9.53 Å². The molecule has 3 heterocycles. The average Bonchev–Trinajstić information content (AvgIpc) is 3.53. The third-order valence-electron chi connectivity index (χ3n) is 7.17. The molecule has 6 rings (SSSR count). The van der Waals surface area contributed by atoms with E-state index >= 15 is 0 Å². The van der Waals surface area contributed by atoms with E-state index in [1.165, 1.54) is 11.3 Å². The maximum Gasteiger partial charge on any atom is 0.338 e. The van der Waals surface area contributed by atoms with Crippen LogP contribution >= 0.6 is 23.1 Å². The zero-order chi connectivity index (χ0) is 29.2. The first kappa shape index (κ1) is 27.6. The number of nitrogens with zero attached hydrogens (tertiary/aromatic N) is 3. The van der Waals surface area contributed by atoms with E-state index in [2.05, 4.69) is 5.92 Å². The summed E-state index contributed by atoms with van der Waals surface area (Å²) in [7, 11) is 0. The molecule has 42 heavy (non-hydrogen) atoms. The fourth-order valence-electron chi connectivity index (χ4n) is 5.30. The lowest BCUT2D eigenvalue weighted by molar-refractivity contribution is -0.138. The number of carbonyl (C=O) groups excluding carboxylic acids is 1. The fraction of sp³-hybridized carbons (Fsp3) is 0.147. The van der Waals surface area contributed by atoms with E-state index in [-0.39, 0.29) is 12.2 Å². The van der Waals surface area contributed by atoms with Gasteiger partial charge in [-0.1, -0.05) is 77.9 Å². The Morgan fingerprint density at radius 3 is 2.55 bits per heavy atom. The molecule has 0 N–H and O–H groups in total. The molecule has 0 aliphatic carbocycles. The first-order valence-electron chi connectivity index (χ1n) is 13.5. The Morgan fingerprint density at radius 1 is 1.10 bits per heavy atom. The van der Waals surface area contributed by atoms with Crippen molar-refractivity contribution in [3.05, 3.63) is 127 Å². The molecule has 0 unspecified atom stereocenters. The Balaban J connectivity index is 1.64. The molecule has 6 nitrogen and oxygen atoms in total. The summed E-state index contributed by atoms with van der Waals surface area (Å²) in [6, 6.07) is 24.8. The van der Waals surface area contributed by atoms with E-state index in [1.54, 1.807) is 23.3 Å². The first-order valence-corrected chi connectivity index (χ1v) is 15.5. The van der Waals surface area contributed by atoms with Gasteiger partial charge in [0.2, 0.25) is 0 Å². The number of para-hydroxylation sites is 1. The molecule has 0 saturated heterocycles. The van der Waals surface area contributed by atoms with Gasteiger partial charge in [-0.3, -0.25) is 9.36 Å². The number of carbonyl (C=O) groups is 1. The van der Waals surface area contributed by atoms with Gasteiger partial charge in [0.15, 0.2) is 4.80 Å². The number of esters is 1. The van der Waals surface area contributed by atoms with Crippen molar-refractivity contribution in [3.63, 3.8) is 0 Å². The van der Waals surface area contributed by atoms with Crippen molar-refractivity contribution >= 4 is 51.7 Å². The predicted molar refractivity (Wildman–Crippen MR) is 170 cm³/mol. The molecule has 0 amide bonds. The molecular formula is C34H27N3O3S2. The topological polar surface area (TPSA) is 65.6 Å². The van der Waals surface area contributed by atoms with Crippen LogP contribution in [-0.4, -0.2) is 28.0 Å². The monoisotopic (exact) mass is 589 g/mol. The van der Waals surface area contributed by atoms with E-state index in [1.807, 2.05) is 102 Å². The molecule has 3 aromatic carbocycles. The molecule has 2 aromatic heterocycles. The number of aromatic nitrogens is 2. The van der Waals surface area contributed by atoms with E-state index < -0.39 is 12.0 Å². The zero-order valence-electron chi connectivity index (χ0n) is 23.1. The number of terminal acetylenes is 1. The largest absolute Gasteiger partial charge is 0.463 e. The maximum atomic E-state index is 14.2. The molecule has 1 atom stereocenters. The highest BCUT2D eigenvalue weighted by molar-refractivity contribution is 7.98. The second-order valence-corrected chi connectivity index (χ2v) is 11.5. The Labute approximate surface area is 251 Å². The minimum Gasteiger partial charge on any atom is -0.463 e. The summed E-state index contributed by atoms with van der Waals surface area (Å²) in [5.41, 5.74) is 4.09. The van der Waals surface area contributed by atoms with Crippen LogP contribution in [0.4, 0.5) is 0 Å². The van der Waals surface area contributed by atoms with Gasteiger partial charge < -0.3 is 9.30 Å². The average molecular weight is 590 g/mol. The molecule has 5 aromatic rings. The van der Waals surface area contributed by atoms with Crippen molar-refractivity contribution in [2.75, 3.05) is 12.9 Å². The lowest BCUT2D eigenvalue weighted by Gasteiger charge is -2.26. The third-order valence-corrected chi connectivity index (χ3v) is 8.90. The van der Waals surface area contributed by atoms with Crippen molar-refractivity contribution in [1.29, 1.82) is 0 Å². The number of rotatable bonds is 7. The maximum absolute atomic E-state index is 14.2. The number of hydrogen-bond donors (Lipinski definition) is 0. The summed E-state index contributed by atoms with van der Waals surface area (Å²) in [6.07, 6.45) is 11.5. The number of fused-ring (bicyclic) bond motifs is 2. The van der Waals surface area contributed by atoms with E-state index in [0.717, 1.165) is 32.5 Å². The van der Waals surface area contributed by atoms with Gasteiger partial charge in [-0.2, -0.15) is 0 Å². The highest BCUT2D eigenvalue weighted by Crippen LogP contribution is 2.35. The Morgan fingerprint density at radius 2 is 1.83 bits per heavy atom. The van der Waals surface area contributed by atoms with Gasteiger partial charge >= 0.3 is 5.97 Å². The Bertz CT molecular complexity index is 2060. The van der Waals surface area contributed by atoms with E-state index in [9.17, 15) is 9.59 Å². The number of thioether (sulfide) groups is 1. The zero-order valence-corrected chi connectivity index (χ0v) is 24.7. The summed E-state index contributed by atoms with van der Waals surface area (Å²) in [5.74, 6) is 2.21. The van der Waals surface area contributed by atoms with Crippen LogP contribution in [0.5, 0.6) is 0 Å². The number of ether oxygens (including phenoxy) is 1. The molecular weight excluding hydrogens is 563 g/mol. The van der Waals surface area contributed by atoms with Crippen LogP contribution in [0.3, 0.4) is 0 Å². The molecule has 0 spiro atoms. The lowest BCUT2D eigenvalue weighted by Crippen LogP contribution is -2.40. The summed E-state index contributed by atoms with van der Waals surface area (Å²) in [6.45, 7) is 2.40. The Hall–Kier alpha value is -4.58. The van der Waals surface area contributed by atoms with Gasteiger partial charge in [-0.05, 0) is 43.0 Å². The highest BCUT2D eigenvalue weighted by Gasteiger charge is 2.35. The van der Waals surface area contributed by atoms with E-state index in [4.69, 9.17) is 16.2 Å². The minimum absolute atomic E-state index is 0.203. The SMILES string of the molecule is C#CCn1cc(/C=c2\sc3n(c2=O)[C@H](c2ccc(SC)cc2)C(C(=O)OCC)=C(c2ccccc2)N=3)c2ccccc21. The molecule has 0 fully saturated rings.